The van der Waals surface area contributed by atoms with E-state index in [0.717, 1.165) is 25.7 Å². The van der Waals surface area contributed by atoms with Gasteiger partial charge in [0, 0.05) is 26.2 Å². The minimum Gasteiger partial charge on any atom is -0.330 e. The van der Waals surface area contributed by atoms with Crippen LogP contribution in [0.2, 0.25) is 0 Å². The first-order chi connectivity index (χ1) is 8.04. The average molecular weight is 263 g/mol. The highest BCUT2D eigenvalue weighted by atomic mass is 32.2. The van der Waals surface area contributed by atoms with Crippen LogP contribution in [0.3, 0.4) is 0 Å². The minimum atomic E-state index is -3.30. The molecule has 1 saturated carbocycles. The van der Waals surface area contributed by atoms with Crippen LogP contribution in [0.25, 0.3) is 0 Å². The van der Waals surface area contributed by atoms with Crippen LogP contribution < -0.4 is 5.73 Å². The lowest BCUT2D eigenvalue weighted by molar-refractivity contribution is 0.304. The van der Waals surface area contributed by atoms with Gasteiger partial charge < -0.3 is 5.73 Å². The first-order valence-corrected chi connectivity index (χ1v) is 7.87. The van der Waals surface area contributed by atoms with Crippen LogP contribution in [-0.4, -0.2) is 49.8 Å². The first kappa shape index (κ1) is 14.9. The van der Waals surface area contributed by atoms with Crippen molar-refractivity contribution in [3.05, 3.63) is 0 Å². The lowest BCUT2D eigenvalue weighted by Crippen LogP contribution is -2.46. The summed E-state index contributed by atoms with van der Waals surface area (Å²) in [6, 6.07) is 0.199. The summed E-state index contributed by atoms with van der Waals surface area (Å²) in [6.07, 6.45) is 4.99. The zero-order valence-corrected chi connectivity index (χ0v) is 11.7. The van der Waals surface area contributed by atoms with Crippen molar-refractivity contribution in [3.63, 3.8) is 0 Å². The van der Waals surface area contributed by atoms with Gasteiger partial charge in [-0.25, -0.2) is 0 Å². The monoisotopic (exact) mass is 263 g/mol. The Morgan fingerprint density at radius 3 is 2.35 bits per heavy atom. The van der Waals surface area contributed by atoms with Gasteiger partial charge in [0.25, 0.3) is 10.2 Å². The number of nitrogens with two attached hydrogens (primary N) is 1. The molecule has 0 unspecified atom stereocenters. The van der Waals surface area contributed by atoms with E-state index in [0.29, 0.717) is 26.1 Å². The predicted molar refractivity (Wildman–Crippen MR) is 69.9 cm³/mol. The van der Waals surface area contributed by atoms with Crippen molar-refractivity contribution < 1.29 is 8.42 Å². The van der Waals surface area contributed by atoms with E-state index in [4.69, 9.17) is 5.73 Å². The summed E-state index contributed by atoms with van der Waals surface area (Å²) in [5.74, 6) is 0. The lowest BCUT2D eigenvalue weighted by atomic mass is 10.2. The van der Waals surface area contributed by atoms with Crippen LogP contribution in [-0.2, 0) is 10.2 Å². The number of hydrogen-bond donors (Lipinski definition) is 1. The summed E-state index contributed by atoms with van der Waals surface area (Å²) in [4.78, 5) is 0. The Morgan fingerprint density at radius 1 is 1.29 bits per heavy atom. The molecule has 5 nitrogen and oxygen atoms in total. The van der Waals surface area contributed by atoms with Gasteiger partial charge in [-0.1, -0.05) is 19.8 Å². The van der Waals surface area contributed by atoms with E-state index in [9.17, 15) is 8.42 Å². The summed E-state index contributed by atoms with van der Waals surface area (Å²) in [6.45, 7) is 3.49. The Bertz CT molecular complexity index is 313. The molecule has 0 aromatic rings. The molecule has 1 aliphatic carbocycles. The fourth-order valence-corrected chi connectivity index (χ4v) is 4.04. The van der Waals surface area contributed by atoms with E-state index in [1.807, 2.05) is 6.92 Å². The summed E-state index contributed by atoms with van der Waals surface area (Å²) >= 11 is 0. The normalized spacial score (nSPS) is 18.4. The molecule has 0 heterocycles. The Balaban J connectivity index is 2.70. The van der Waals surface area contributed by atoms with E-state index in [1.54, 1.807) is 11.4 Å². The quantitative estimate of drug-likeness (QED) is 0.738. The second kappa shape index (κ2) is 6.68. The van der Waals surface area contributed by atoms with Gasteiger partial charge in [0.2, 0.25) is 0 Å². The fraction of sp³-hybridized carbons (Fsp3) is 1.00. The van der Waals surface area contributed by atoms with Gasteiger partial charge in [-0.3, -0.25) is 0 Å². The minimum absolute atomic E-state index is 0.199. The topological polar surface area (TPSA) is 66.6 Å². The predicted octanol–water partition coefficient (Wildman–Crippen LogP) is 0.776. The molecule has 0 aromatic carbocycles. The van der Waals surface area contributed by atoms with Gasteiger partial charge in [-0.15, -0.1) is 0 Å². The summed E-state index contributed by atoms with van der Waals surface area (Å²) in [5, 5.41) is 0. The van der Waals surface area contributed by atoms with Gasteiger partial charge in [-0.05, 0) is 25.8 Å². The van der Waals surface area contributed by atoms with Crippen LogP contribution in [0.15, 0.2) is 0 Å². The molecule has 102 valence electrons. The molecule has 0 aliphatic heterocycles. The van der Waals surface area contributed by atoms with Crippen molar-refractivity contribution in [3.8, 4) is 0 Å². The molecule has 2 N–H and O–H groups in total. The summed E-state index contributed by atoms with van der Waals surface area (Å²) < 4.78 is 27.8. The molecule has 0 spiro atoms. The third kappa shape index (κ3) is 3.64. The maximum absolute atomic E-state index is 12.4. The summed E-state index contributed by atoms with van der Waals surface area (Å²) in [5.41, 5.74) is 5.42. The van der Waals surface area contributed by atoms with Crippen LogP contribution >= 0.6 is 0 Å². The molecule has 0 saturated heterocycles. The first-order valence-electron chi connectivity index (χ1n) is 6.47. The second-order valence-electron chi connectivity index (χ2n) is 4.61. The molecule has 0 atom stereocenters. The van der Waals surface area contributed by atoms with E-state index in [-0.39, 0.29) is 6.04 Å². The summed E-state index contributed by atoms with van der Waals surface area (Å²) in [7, 11) is -1.65. The molecule has 6 heteroatoms. The molecule has 1 aliphatic rings. The van der Waals surface area contributed by atoms with Crippen LogP contribution in [0, 0.1) is 0 Å². The van der Waals surface area contributed by atoms with E-state index >= 15 is 0 Å². The van der Waals surface area contributed by atoms with E-state index < -0.39 is 10.2 Å². The van der Waals surface area contributed by atoms with Crippen molar-refractivity contribution in [2.45, 2.75) is 45.1 Å². The van der Waals surface area contributed by atoms with Crippen molar-refractivity contribution in [1.82, 2.24) is 8.61 Å². The number of nitrogens with zero attached hydrogens (tertiary/aromatic N) is 2. The Labute approximate surface area is 105 Å². The highest BCUT2D eigenvalue weighted by Gasteiger charge is 2.33. The van der Waals surface area contributed by atoms with Crippen LogP contribution in [0.5, 0.6) is 0 Å². The molecule has 1 rings (SSSR count). The Hall–Kier alpha value is -0.170. The fourth-order valence-electron chi connectivity index (χ4n) is 2.41. The van der Waals surface area contributed by atoms with Crippen LogP contribution in [0.4, 0.5) is 0 Å². The third-order valence-corrected chi connectivity index (χ3v) is 5.53. The molecule has 0 aromatic heterocycles. The Kier molecular flexibility index (Phi) is 5.85. The maximum atomic E-state index is 12.4. The molecule has 0 amide bonds. The van der Waals surface area contributed by atoms with Gasteiger partial charge in [-0.2, -0.15) is 17.0 Å². The van der Waals surface area contributed by atoms with Gasteiger partial charge in [0.05, 0.1) is 0 Å². The molecular weight excluding hydrogens is 238 g/mol. The molecule has 1 fully saturated rings. The largest absolute Gasteiger partial charge is 0.330 e. The standard InChI is InChI=1S/C11H25N3O2S/c1-3-14(11-7-4-5-8-11)17(15,16)13(2)10-6-9-12/h11H,3-10,12H2,1-2H3. The third-order valence-electron chi connectivity index (χ3n) is 3.41. The van der Waals surface area contributed by atoms with E-state index in [2.05, 4.69) is 0 Å². The van der Waals surface area contributed by atoms with Gasteiger partial charge in [0.1, 0.15) is 0 Å². The smallest absolute Gasteiger partial charge is 0.281 e. The molecule has 17 heavy (non-hydrogen) atoms. The average Bonchev–Trinajstić information content (AvgIpc) is 2.79. The van der Waals surface area contributed by atoms with Crippen LogP contribution in [0.1, 0.15) is 39.0 Å². The SMILES string of the molecule is CCN(C1CCCC1)S(=O)(=O)N(C)CCCN. The van der Waals surface area contributed by atoms with Crippen molar-refractivity contribution in [2.75, 3.05) is 26.7 Å². The van der Waals surface area contributed by atoms with Gasteiger partial charge in [0.15, 0.2) is 0 Å². The molecule has 0 radical (unpaired) electrons. The highest BCUT2D eigenvalue weighted by molar-refractivity contribution is 7.86. The molecule has 0 bridgehead atoms. The lowest BCUT2D eigenvalue weighted by Gasteiger charge is -2.31. The van der Waals surface area contributed by atoms with Crippen molar-refractivity contribution in [2.24, 2.45) is 5.73 Å². The zero-order valence-electron chi connectivity index (χ0n) is 10.9. The number of rotatable bonds is 7. The molecular formula is C11H25N3O2S. The number of hydrogen-bond acceptors (Lipinski definition) is 3. The van der Waals surface area contributed by atoms with Crippen molar-refractivity contribution >= 4 is 10.2 Å². The Morgan fingerprint density at radius 2 is 1.88 bits per heavy atom. The second-order valence-corrected chi connectivity index (χ2v) is 6.60. The highest BCUT2D eigenvalue weighted by Crippen LogP contribution is 2.26. The maximum Gasteiger partial charge on any atom is 0.281 e. The van der Waals surface area contributed by atoms with Crippen molar-refractivity contribution in [1.29, 1.82) is 0 Å². The van der Waals surface area contributed by atoms with E-state index in [1.165, 1.54) is 4.31 Å². The zero-order chi connectivity index (χ0) is 12.9. The van der Waals surface area contributed by atoms with Gasteiger partial charge >= 0.3 is 0 Å².